The fourth-order valence-electron chi connectivity index (χ4n) is 2.89. The first-order valence-electron chi connectivity index (χ1n) is 6.94. The summed E-state index contributed by atoms with van der Waals surface area (Å²) in [5.41, 5.74) is 10.6. The van der Waals surface area contributed by atoms with Crippen molar-refractivity contribution in [2.45, 2.75) is 40.2 Å². The second kappa shape index (κ2) is 5.02. The highest BCUT2D eigenvalue weighted by Gasteiger charge is 2.33. The molecule has 100 valence electrons. The van der Waals surface area contributed by atoms with E-state index in [9.17, 15) is 0 Å². The lowest BCUT2D eigenvalue weighted by atomic mass is 9.93. The molecular formula is C16H26N2. The van der Waals surface area contributed by atoms with Crippen LogP contribution in [0.25, 0.3) is 0 Å². The summed E-state index contributed by atoms with van der Waals surface area (Å²) in [4.78, 5) is 2.55. The van der Waals surface area contributed by atoms with E-state index in [1.165, 1.54) is 29.7 Å². The molecule has 2 N–H and O–H groups in total. The monoisotopic (exact) mass is 246 g/mol. The maximum Gasteiger partial charge on any atom is 0.0470 e. The van der Waals surface area contributed by atoms with Gasteiger partial charge in [-0.15, -0.1) is 0 Å². The molecule has 1 aliphatic rings. The van der Waals surface area contributed by atoms with Gasteiger partial charge in [-0.25, -0.2) is 0 Å². The molecule has 1 unspecified atom stereocenters. The summed E-state index contributed by atoms with van der Waals surface area (Å²) in [5, 5.41) is 0. The molecule has 18 heavy (non-hydrogen) atoms. The third-order valence-electron chi connectivity index (χ3n) is 4.29. The van der Waals surface area contributed by atoms with Crippen LogP contribution in [0.3, 0.4) is 0 Å². The SMILES string of the molecule is Cc1ccc(C(CN)N2CCC(C)(C)C2)cc1C. The highest BCUT2D eigenvalue weighted by molar-refractivity contribution is 5.32. The van der Waals surface area contributed by atoms with Crippen LogP contribution in [0.4, 0.5) is 0 Å². The molecule has 2 rings (SSSR count). The molecule has 0 radical (unpaired) electrons. The minimum atomic E-state index is 0.381. The second-order valence-corrected chi connectivity index (χ2v) is 6.48. The van der Waals surface area contributed by atoms with E-state index in [-0.39, 0.29) is 0 Å². The van der Waals surface area contributed by atoms with Gasteiger partial charge in [0.25, 0.3) is 0 Å². The summed E-state index contributed by atoms with van der Waals surface area (Å²) >= 11 is 0. The van der Waals surface area contributed by atoms with Gasteiger partial charge < -0.3 is 5.73 Å². The van der Waals surface area contributed by atoms with E-state index < -0.39 is 0 Å². The van der Waals surface area contributed by atoms with Crippen LogP contribution in [0.2, 0.25) is 0 Å². The van der Waals surface area contributed by atoms with Crippen LogP contribution in [0.1, 0.15) is 43.0 Å². The lowest BCUT2D eigenvalue weighted by Gasteiger charge is -2.29. The Balaban J connectivity index is 2.21. The van der Waals surface area contributed by atoms with Crippen LogP contribution >= 0.6 is 0 Å². The van der Waals surface area contributed by atoms with Crippen LogP contribution in [-0.4, -0.2) is 24.5 Å². The van der Waals surface area contributed by atoms with E-state index in [4.69, 9.17) is 5.73 Å². The molecule has 1 saturated heterocycles. The lowest BCUT2D eigenvalue weighted by Crippen LogP contribution is -2.33. The van der Waals surface area contributed by atoms with E-state index in [1.807, 2.05) is 0 Å². The Bertz CT molecular complexity index is 423. The third kappa shape index (κ3) is 2.76. The zero-order valence-electron chi connectivity index (χ0n) is 12.2. The highest BCUT2D eigenvalue weighted by Crippen LogP contribution is 2.34. The van der Waals surface area contributed by atoms with Crippen molar-refractivity contribution in [1.29, 1.82) is 0 Å². The van der Waals surface area contributed by atoms with Gasteiger partial charge in [0, 0.05) is 19.1 Å². The number of likely N-dealkylation sites (tertiary alicyclic amines) is 1. The van der Waals surface area contributed by atoms with Gasteiger partial charge >= 0.3 is 0 Å². The van der Waals surface area contributed by atoms with E-state index in [0.717, 1.165) is 6.54 Å². The summed E-state index contributed by atoms with van der Waals surface area (Å²) in [6, 6.07) is 7.14. The van der Waals surface area contributed by atoms with Crippen molar-refractivity contribution in [3.05, 3.63) is 34.9 Å². The van der Waals surface area contributed by atoms with Crippen molar-refractivity contribution >= 4 is 0 Å². The highest BCUT2D eigenvalue weighted by atomic mass is 15.2. The fourth-order valence-corrected chi connectivity index (χ4v) is 2.89. The smallest absolute Gasteiger partial charge is 0.0470 e. The quantitative estimate of drug-likeness (QED) is 0.888. The van der Waals surface area contributed by atoms with Gasteiger partial charge in [0.05, 0.1) is 0 Å². The van der Waals surface area contributed by atoms with Crippen LogP contribution in [0.5, 0.6) is 0 Å². The average molecular weight is 246 g/mol. The predicted molar refractivity (Wildman–Crippen MR) is 77.7 cm³/mol. The molecule has 2 nitrogen and oxygen atoms in total. The van der Waals surface area contributed by atoms with Gasteiger partial charge in [-0.05, 0) is 48.9 Å². The molecule has 0 bridgehead atoms. The number of benzene rings is 1. The predicted octanol–water partition coefficient (Wildman–Crippen LogP) is 3.04. The minimum Gasteiger partial charge on any atom is -0.329 e. The molecule has 1 heterocycles. The molecular weight excluding hydrogens is 220 g/mol. The molecule has 1 atom stereocenters. The summed E-state index contributed by atoms with van der Waals surface area (Å²) in [5.74, 6) is 0. The zero-order valence-corrected chi connectivity index (χ0v) is 12.2. The molecule has 0 aromatic heterocycles. The van der Waals surface area contributed by atoms with Gasteiger partial charge in [-0.3, -0.25) is 4.90 Å². The van der Waals surface area contributed by atoms with Gasteiger partial charge in [0.2, 0.25) is 0 Å². The van der Waals surface area contributed by atoms with Crippen molar-refractivity contribution < 1.29 is 0 Å². The molecule has 0 saturated carbocycles. The first-order valence-corrected chi connectivity index (χ1v) is 6.94. The lowest BCUT2D eigenvalue weighted by molar-refractivity contribution is 0.223. The first kappa shape index (κ1) is 13.6. The van der Waals surface area contributed by atoms with E-state index >= 15 is 0 Å². The Labute approximate surface area is 111 Å². The van der Waals surface area contributed by atoms with Crippen molar-refractivity contribution in [2.24, 2.45) is 11.1 Å². The van der Waals surface area contributed by atoms with Crippen LogP contribution in [0, 0.1) is 19.3 Å². The second-order valence-electron chi connectivity index (χ2n) is 6.48. The van der Waals surface area contributed by atoms with Crippen LogP contribution in [0.15, 0.2) is 18.2 Å². The third-order valence-corrected chi connectivity index (χ3v) is 4.29. The number of aryl methyl sites for hydroxylation is 2. The number of hydrogen-bond acceptors (Lipinski definition) is 2. The molecule has 0 amide bonds. The molecule has 0 spiro atoms. The summed E-state index contributed by atoms with van der Waals surface area (Å²) in [6.45, 7) is 12.1. The summed E-state index contributed by atoms with van der Waals surface area (Å²) in [7, 11) is 0. The van der Waals surface area contributed by atoms with Gasteiger partial charge in [-0.2, -0.15) is 0 Å². The zero-order chi connectivity index (χ0) is 13.3. The molecule has 1 aromatic carbocycles. The molecule has 1 fully saturated rings. The Hall–Kier alpha value is -0.860. The van der Waals surface area contributed by atoms with Gasteiger partial charge in [0.1, 0.15) is 0 Å². The number of rotatable bonds is 3. The average Bonchev–Trinajstić information content (AvgIpc) is 2.65. The first-order chi connectivity index (χ1) is 8.43. The summed E-state index contributed by atoms with van der Waals surface area (Å²) < 4.78 is 0. The van der Waals surface area contributed by atoms with E-state index in [2.05, 4.69) is 50.8 Å². The Morgan fingerprint density at radius 3 is 2.50 bits per heavy atom. The normalized spacial score (nSPS) is 21.2. The number of nitrogens with two attached hydrogens (primary N) is 1. The number of nitrogens with zero attached hydrogens (tertiary/aromatic N) is 1. The van der Waals surface area contributed by atoms with Gasteiger partial charge in [-0.1, -0.05) is 32.0 Å². The van der Waals surface area contributed by atoms with Crippen LogP contribution < -0.4 is 5.73 Å². The standard InChI is InChI=1S/C16H26N2/c1-12-5-6-14(9-13(12)2)15(10-17)18-8-7-16(3,4)11-18/h5-6,9,15H,7-8,10-11,17H2,1-4H3. The Morgan fingerprint density at radius 1 is 1.28 bits per heavy atom. The Kier molecular flexibility index (Phi) is 3.79. The number of hydrogen-bond donors (Lipinski definition) is 1. The van der Waals surface area contributed by atoms with E-state index in [1.54, 1.807) is 0 Å². The maximum atomic E-state index is 6.02. The Morgan fingerprint density at radius 2 is 2.00 bits per heavy atom. The van der Waals surface area contributed by atoms with Crippen molar-refractivity contribution in [1.82, 2.24) is 4.90 Å². The maximum absolute atomic E-state index is 6.02. The molecule has 0 aliphatic carbocycles. The van der Waals surface area contributed by atoms with Crippen LogP contribution in [-0.2, 0) is 0 Å². The molecule has 1 aliphatic heterocycles. The van der Waals surface area contributed by atoms with Gasteiger partial charge in [0.15, 0.2) is 0 Å². The molecule has 2 heteroatoms. The fraction of sp³-hybridized carbons (Fsp3) is 0.625. The molecule has 1 aromatic rings. The van der Waals surface area contributed by atoms with Crippen molar-refractivity contribution in [2.75, 3.05) is 19.6 Å². The largest absolute Gasteiger partial charge is 0.329 e. The minimum absolute atomic E-state index is 0.381. The summed E-state index contributed by atoms with van der Waals surface area (Å²) in [6.07, 6.45) is 1.27. The van der Waals surface area contributed by atoms with E-state index in [0.29, 0.717) is 18.0 Å². The van der Waals surface area contributed by atoms with Crippen molar-refractivity contribution in [3.63, 3.8) is 0 Å². The topological polar surface area (TPSA) is 29.3 Å². The van der Waals surface area contributed by atoms with Crippen molar-refractivity contribution in [3.8, 4) is 0 Å².